The Hall–Kier alpha value is -0.720. The van der Waals surface area contributed by atoms with E-state index in [1.165, 1.54) is 0 Å². The van der Waals surface area contributed by atoms with E-state index >= 15 is 0 Å². The highest BCUT2D eigenvalue weighted by atomic mass is 79.9. The van der Waals surface area contributed by atoms with Crippen molar-refractivity contribution < 1.29 is 5.11 Å². The number of thiophene rings is 1. The van der Waals surface area contributed by atoms with Crippen LogP contribution < -0.4 is 0 Å². The largest absolute Gasteiger partial charge is 0.382 e. The Labute approximate surface area is 106 Å². The molecule has 0 spiro atoms. The molecule has 0 saturated carbocycles. The zero-order valence-electron chi connectivity index (χ0n) is 8.80. The first kappa shape index (κ1) is 11.8. The van der Waals surface area contributed by atoms with Crippen LogP contribution in [0.3, 0.4) is 0 Å². The fourth-order valence-electron chi connectivity index (χ4n) is 1.50. The summed E-state index contributed by atoms with van der Waals surface area (Å²) in [5.74, 6) is 0. The molecular weight excluding hydrogens is 290 g/mol. The van der Waals surface area contributed by atoms with E-state index in [9.17, 15) is 5.11 Å². The maximum Gasteiger partial charge on any atom is 0.123 e. The molecule has 0 aromatic carbocycles. The van der Waals surface area contributed by atoms with Gasteiger partial charge >= 0.3 is 0 Å². The monoisotopic (exact) mass is 301 g/mol. The number of aliphatic hydroxyl groups is 1. The highest BCUT2D eigenvalue weighted by Gasteiger charge is 2.17. The molecule has 2 aromatic rings. The van der Waals surface area contributed by atoms with Crippen molar-refractivity contribution in [2.24, 2.45) is 0 Å². The zero-order chi connectivity index (χ0) is 11.5. The Balaban J connectivity index is 2.26. The third-order valence-corrected chi connectivity index (χ3v) is 3.79. The predicted octanol–water partition coefficient (Wildman–Crippen LogP) is 2.59. The maximum absolute atomic E-state index is 10.2. The summed E-state index contributed by atoms with van der Waals surface area (Å²) in [7, 11) is 0. The number of aromatic nitrogens is 3. The molecule has 1 atom stereocenters. The Morgan fingerprint density at radius 1 is 1.62 bits per heavy atom. The van der Waals surface area contributed by atoms with E-state index in [-0.39, 0.29) is 0 Å². The van der Waals surface area contributed by atoms with Gasteiger partial charge in [0.1, 0.15) is 6.10 Å². The molecule has 6 heteroatoms. The molecule has 1 unspecified atom stereocenters. The van der Waals surface area contributed by atoms with Crippen molar-refractivity contribution in [1.29, 1.82) is 0 Å². The fraction of sp³-hybridized carbons (Fsp3) is 0.400. The van der Waals surface area contributed by atoms with Crippen LogP contribution in [0.15, 0.2) is 21.4 Å². The minimum absolute atomic E-state index is 0.649. The van der Waals surface area contributed by atoms with Crippen molar-refractivity contribution in [2.75, 3.05) is 0 Å². The van der Waals surface area contributed by atoms with E-state index in [0.717, 1.165) is 28.0 Å². The van der Waals surface area contributed by atoms with Gasteiger partial charge in [0.05, 0.1) is 15.7 Å². The topological polar surface area (TPSA) is 50.9 Å². The lowest BCUT2D eigenvalue weighted by Gasteiger charge is -2.10. The summed E-state index contributed by atoms with van der Waals surface area (Å²) >= 11 is 4.94. The summed E-state index contributed by atoms with van der Waals surface area (Å²) < 4.78 is 2.76. The Kier molecular flexibility index (Phi) is 3.73. The van der Waals surface area contributed by atoms with Gasteiger partial charge in [-0.2, -0.15) is 0 Å². The molecule has 2 aromatic heterocycles. The average molecular weight is 302 g/mol. The first-order valence-corrected chi connectivity index (χ1v) is 6.70. The lowest BCUT2D eigenvalue weighted by Crippen LogP contribution is -2.09. The molecule has 1 N–H and O–H groups in total. The van der Waals surface area contributed by atoms with Crippen LogP contribution in [0.4, 0.5) is 0 Å². The molecule has 0 bridgehead atoms. The van der Waals surface area contributed by atoms with Crippen molar-refractivity contribution in [3.05, 3.63) is 32.7 Å². The van der Waals surface area contributed by atoms with Crippen molar-refractivity contribution in [2.45, 2.75) is 26.0 Å². The average Bonchev–Trinajstić information content (AvgIpc) is 2.87. The van der Waals surface area contributed by atoms with Crippen LogP contribution in [0.2, 0.25) is 0 Å². The van der Waals surface area contributed by atoms with Gasteiger partial charge in [0.25, 0.3) is 0 Å². The lowest BCUT2D eigenvalue weighted by molar-refractivity contribution is 0.208. The molecule has 0 aliphatic heterocycles. The van der Waals surface area contributed by atoms with Crippen LogP contribution in [0.25, 0.3) is 0 Å². The molecule has 0 amide bonds. The van der Waals surface area contributed by atoms with Crippen molar-refractivity contribution >= 4 is 27.3 Å². The minimum atomic E-state index is -0.649. The summed E-state index contributed by atoms with van der Waals surface area (Å²) in [6.45, 7) is 2.84. The van der Waals surface area contributed by atoms with E-state index in [0.29, 0.717) is 0 Å². The maximum atomic E-state index is 10.2. The van der Waals surface area contributed by atoms with E-state index in [1.54, 1.807) is 22.2 Å². The molecule has 86 valence electrons. The highest BCUT2D eigenvalue weighted by Crippen LogP contribution is 2.28. The third kappa shape index (κ3) is 2.34. The Bertz CT molecular complexity index is 468. The summed E-state index contributed by atoms with van der Waals surface area (Å²) in [5, 5.41) is 19.9. The van der Waals surface area contributed by atoms with Crippen LogP contribution >= 0.6 is 27.3 Å². The third-order valence-electron chi connectivity index (χ3n) is 2.27. The van der Waals surface area contributed by atoms with Gasteiger partial charge in [-0.1, -0.05) is 12.1 Å². The molecule has 0 saturated heterocycles. The van der Waals surface area contributed by atoms with Crippen LogP contribution in [0, 0.1) is 0 Å². The smallest absolute Gasteiger partial charge is 0.123 e. The van der Waals surface area contributed by atoms with Gasteiger partial charge in [-0.15, -0.1) is 16.4 Å². The van der Waals surface area contributed by atoms with E-state index in [4.69, 9.17) is 0 Å². The fourth-order valence-corrected chi connectivity index (χ4v) is 2.69. The number of hydrogen-bond donors (Lipinski definition) is 1. The van der Waals surface area contributed by atoms with Crippen LogP contribution in [0.1, 0.15) is 30.7 Å². The van der Waals surface area contributed by atoms with Gasteiger partial charge in [0.2, 0.25) is 0 Å². The summed E-state index contributed by atoms with van der Waals surface area (Å²) in [4.78, 5) is 0. The molecule has 4 nitrogen and oxygen atoms in total. The standard InChI is InChI=1S/C10H12BrN3OS/c1-2-3-14-8(5-12-13-14)10(15)7-4-9(11)16-6-7/h4-6,10,15H,2-3H2,1H3. The van der Waals surface area contributed by atoms with Gasteiger partial charge in [0.15, 0.2) is 0 Å². The second-order valence-electron chi connectivity index (χ2n) is 3.47. The first-order chi connectivity index (χ1) is 7.72. The van der Waals surface area contributed by atoms with Gasteiger partial charge in [-0.05, 0) is 39.4 Å². The molecule has 0 aliphatic rings. The predicted molar refractivity (Wildman–Crippen MR) is 66.4 cm³/mol. The first-order valence-electron chi connectivity index (χ1n) is 5.02. The normalized spacial score (nSPS) is 12.9. The van der Waals surface area contributed by atoms with Crippen molar-refractivity contribution in [3.8, 4) is 0 Å². The van der Waals surface area contributed by atoms with Crippen LogP contribution in [-0.4, -0.2) is 20.1 Å². The van der Waals surface area contributed by atoms with Gasteiger partial charge < -0.3 is 5.11 Å². The van der Waals surface area contributed by atoms with Gasteiger partial charge in [-0.25, -0.2) is 4.68 Å². The Morgan fingerprint density at radius 2 is 2.44 bits per heavy atom. The van der Waals surface area contributed by atoms with E-state index in [1.807, 2.05) is 11.4 Å². The Morgan fingerprint density at radius 3 is 3.06 bits per heavy atom. The van der Waals surface area contributed by atoms with E-state index in [2.05, 4.69) is 33.2 Å². The van der Waals surface area contributed by atoms with Crippen molar-refractivity contribution in [3.63, 3.8) is 0 Å². The number of rotatable bonds is 4. The SMILES string of the molecule is CCCn1nncc1C(O)c1csc(Br)c1. The quantitative estimate of drug-likeness (QED) is 0.944. The number of hydrogen-bond acceptors (Lipinski definition) is 4. The summed E-state index contributed by atoms with van der Waals surface area (Å²) in [5.41, 5.74) is 1.61. The van der Waals surface area contributed by atoms with E-state index < -0.39 is 6.10 Å². The highest BCUT2D eigenvalue weighted by molar-refractivity contribution is 9.11. The molecule has 2 heterocycles. The second-order valence-corrected chi connectivity index (χ2v) is 5.76. The van der Waals surface area contributed by atoms with Gasteiger partial charge in [0, 0.05) is 6.54 Å². The number of aryl methyl sites for hydroxylation is 1. The molecule has 0 fully saturated rings. The van der Waals surface area contributed by atoms with Crippen molar-refractivity contribution in [1.82, 2.24) is 15.0 Å². The van der Waals surface area contributed by atoms with Crippen LogP contribution in [0.5, 0.6) is 0 Å². The molecule has 16 heavy (non-hydrogen) atoms. The molecular formula is C10H12BrN3OS. The zero-order valence-corrected chi connectivity index (χ0v) is 11.2. The number of halogens is 1. The minimum Gasteiger partial charge on any atom is -0.382 e. The second kappa shape index (κ2) is 5.07. The molecule has 0 aliphatic carbocycles. The van der Waals surface area contributed by atoms with Gasteiger partial charge in [-0.3, -0.25) is 0 Å². The number of aliphatic hydroxyl groups excluding tert-OH is 1. The summed E-state index contributed by atoms with van der Waals surface area (Å²) in [6, 6.07) is 1.92. The molecule has 0 radical (unpaired) electrons. The summed E-state index contributed by atoms with van der Waals surface area (Å²) in [6.07, 6.45) is 1.94. The molecule has 2 rings (SSSR count). The lowest BCUT2D eigenvalue weighted by atomic mass is 10.1. The van der Waals surface area contributed by atoms with Crippen LogP contribution in [-0.2, 0) is 6.54 Å². The number of nitrogens with zero attached hydrogens (tertiary/aromatic N) is 3.